The molecule has 0 saturated heterocycles. The molecule has 0 atom stereocenters. The Bertz CT molecular complexity index is 116. The summed E-state index contributed by atoms with van der Waals surface area (Å²) < 4.78 is 1.57. The quantitative estimate of drug-likeness (QED) is 0.635. The van der Waals surface area contributed by atoms with Gasteiger partial charge in [0.15, 0.2) is 0 Å². The van der Waals surface area contributed by atoms with Gasteiger partial charge in [0.2, 0.25) is 0 Å². The van der Waals surface area contributed by atoms with Gasteiger partial charge in [0.25, 0.3) is 0 Å². The fourth-order valence-electron chi connectivity index (χ4n) is 0.816. The summed E-state index contributed by atoms with van der Waals surface area (Å²) in [6.07, 6.45) is 0.154. The van der Waals surface area contributed by atoms with E-state index in [0.29, 0.717) is 6.54 Å². The molecule has 0 spiro atoms. The minimum atomic E-state index is -1.13. The second-order valence-corrected chi connectivity index (χ2v) is 5.38. The Labute approximate surface area is 63.3 Å². The van der Waals surface area contributed by atoms with Crippen molar-refractivity contribution in [1.29, 1.82) is 0 Å². The fourth-order valence-corrected chi connectivity index (χ4v) is 2.03. The van der Waals surface area contributed by atoms with Gasteiger partial charge in [-0.3, -0.25) is 0 Å². The first-order chi connectivity index (χ1) is 4.59. The SMILES string of the molecule is CCCN(C(=O)O)[SiH](C)C. The first kappa shape index (κ1) is 9.49. The van der Waals surface area contributed by atoms with Crippen molar-refractivity contribution in [1.82, 2.24) is 4.57 Å². The lowest BCUT2D eigenvalue weighted by molar-refractivity contribution is 0.171. The monoisotopic (exact) mass is 161 g/mol. The van der Waals surface area contributed by atoms with Crippen LogP contribution >= 0.6 is 0 Å². The van der Waals surface area contributed by atoms with Gasteiger partial charge in [-0.2, -0.15) is 0 Å². The van der Waals surface area contributed by atoms with Crippen LogP contribution in [0.25, 0.3) is 0 Å². The normalized spacial score (nSPS) is 10.0. The van der Waals surface area contributed by atoms with Crippen LogP contribution in [0.4, 0.5) is 4.79 Å². The molecule has 3 nitrogen and oxygen atoms in total. The van der Waals surface area contributed by atoms with E-state index in [0.717, 1.165) is 6.42 Å². The molecule has 0 unspecified atom stereocenters. The van der Waals surface area contributed by atoms with E-state index in [1.807, 2.05) is 20.0 Å². The second kappa shape index (κ2) is 4.33. The molecule has 0 bridgehead atoms. The molecule has 1 N–H and O–H groups in total. The minimum absolute atomic E-state index is 0.694. The summed E-state index contributed by atoms with van der Waals surface area (Å²) in [5, 5.41) is 8.64. The molecule has 0 rings (SSSR count). The third-order valence-electron chi connectivity index (χ3n) is 1.33. The van der Waals surface area contributed by atoms with Crippen LogP contribution in [0.3, 0.4) is 0 Å². The van der Waals surface area contributed by atoms with Gasteiger partial charge < -0.3 is 9.67 Å². The highest BCUT2D eigenvalue weighted by atomic mass is 28.3. The molecule has 0 aromatic carbocycles. The van der Waals surface area contributed by atoms with Crippen molar-refractivity contribution in [3.05, 3.63) is 0 Å². The Kier molecular flexibility index (Phi) is 4.10. The average molecular weight is 161 g/mol. The minimum Gasteiger partial charge on any atom is -0.465 e. The molecule has 0 aliphatic rings. The maximum absolute atomic E-state index is 10.5. The molecular formula is C6H15NO2Si. The molecule has 10 heavy (non-hydrogen) atoms. The predicted molar refractivity (Wildman–Crippen MR) is 43.9 cm³/mol. The van der Waals surface area contributed by atoms with Crippen LogP contribution in [0.5, 0.6) is 0 Å². The number of hydrogen-bond donors (Lipinski definition) is 1. The van der Waals surface area contributed by atoms with Crippen molar-refractivity contribution in [3.63, 3.8) is 0 Å². The lowest BCUT2D eigenvalue weighted by Gasteiger charge is -2.21. The number of amides is 1. The molecule has 1 amide bonds. The molecular weight excluding hydrogens is 146 g/mol. The second-order valence-electron chi connectivity index (χ2n) is 2.57. The average Bonchev–Trinajstić information content (AvgIpc) is 1.81. The highest BCUT2D eigenvalue weighted by molar-refractivity contribution is 6.55. The summed E-state index contributed by atoms with van der Waals surface area (Å²) in [4.78, 5) is 10.5. The molecule has 0 saturated carbocycles. The van der Waals surface area contributed by atoms with Crippen molar-refractivity contribution < 1.29 is 9.90 Å². The third-order valence-corrected chi connectivity index (χ3v) is 3.06. The number of rotatable bonds is 3. The van der Waals surface area contributed by atoms with Crippen molar-refractivity contribution in [2.45, 2.75) is 26.4 Å². The summed E-state index contributed by atoms with van der Waals surface area (Å²) in [5.41, 5.74) is 0. The molecule has 60 valence electrons. The lowest BCUT2D eigenvalue weighted by atomic mass is 10.5. The Balaban J connectivity index is 3.85. The van der Waals surface area contributed by atoms with E-state index in [9.17, 15) is 4.79 Å². The van der Waals surface area contributed by atoms with Gasteiger partial charge in [-0.1, -0.05) is 20.0 Å². The van der Waals surface area contributed by atoms with E-state index in [1.54, 1.807) is 4.57 Å². The van der Waals surface area contributed by atoms with E-state index >= 15 is 0 Å². The summed E-state index contributed by atoms with van der Waals surface area (Å²) in [5.74, 6) is 0. The first-order valence-corrected chi connectivity index (χ1v) is 6.41. The van der Waals surface area contributed by atoms with Gasteiger partial charge in [-0.25, -0.2) is 4.79 Å². The van der Waals surface area contributed by atoms with Gasteiger partial charge in [0.05, 0.1) is 0 Å². The maximum atomic E-state index is 10.5. The summed E-state index contributed by atoms with van der Waals surface area (Å²) in [7, 11) is -1.13. The van der Waals surface area contributed by atoms with E-state index in [4.69, 9.17) is 5.11 Å². The zero-order chi connectivity index (χ0) is 8.15. The van der Waals surface area contributed by atoms with Crippen LogP contribution in [0.15, 0.2) is 0 Å². The van der Waals surface area contributed by atoms with E-state index in [1.165, 1.54) is 0 Å². The third kappa shape index (κ3) is 2.86. The van der Waals surface area contributed by atoms with Crippen LogP contribution in [0.1, 0.15) is 13.3 Å². The summed E-state index contributed by atoms with van der Waals surface area (Å²) in [6, 6.07) is 0. The van der Waals surface area contributed by atoms with Gasteiger partial charge >= 0.3 is 6.09 Å². The first-order valence-electron chi connectivity index (χ1n) is 3.59. The fraction of sp³-hybridized carbons (Fsp3) is 0.833. The number of carbonyl (C=O) groups is 1. The predicted octanol–water partition coefficient (Wildman–Crippen LogP) is 1.36. The van der Waals surface area contributed by atoms with Gasteiger partial charge in [0, 0.05) is 6.54 Å². The number of nitrogens with zero attached hydrogens (tertiary/aromatic N) is 1. The zero-order valence-corrected chi connectivity index (χ0v) is 7.95. The summed E-state index contributed by atoms with van der Waals surface area (Å²) >= 11 is 0. The van der Waals surface area contributed by atoms with Crippen molar-refractivity contribution in [2.75, 3.05) is 6.54 Å². The Morgan fingerprint density at radius 3 is 2.20 bits per heavy atom. The van der Waals surface area contributed by atoms with Crippen LogP contribution in [-0.4, -0.2) is 31.3 Å². The molecule has 0 aliphatic heterocycles. The topological polar surface area (TPSA) is 40.5 Å². The number of hydrogen-bond acceptors (Lipinski definition) is 1. The summed E-state index contributed by atoms with van der Waals surface area (Å²) in [6.45, 7) is 6.72. The Morgan fingerprint density at radius 2 is 2.10 bits per heavy atom. The molecule has 0 radical (unpaired) electrons. The van der Waals surface area contributed by atoms with Gasteiger partial charge in [0.1, 0.15) is 8.96 Å². The smallest absolute Gasteiger partial charge is 0.398 e. The van der Waals surface area contributed by atoms with Gasteiger partial charge in [-0.15, -0.1) is 0 Å². The highest BCUT2D eigenvalue weighted by Crippen LogP contribution is 1.96. The van der Waals surface area contributed by atoms with Crippen LogP contribution in [0.2, 0.25) is 13.1 Å². The Morgan fingerprint density at radius 1 is 1.60 bits per heavy atom. The van der Waals surface area contributed by atoms with Crippen LogP contribution in [0, 0.1) is 0 Å². The zero-order valence-electron chi connectivity index (χ0n) is 6.79. The largest absolute Gasteiger partial charge is 0.465 e. The number of carboxylic acid groups (broad SMARTS) is 1. The highest BCUT2D eigenvalue weighted by Gasteiger charge is 2.13. The molecule has 0 aliphatic carbocycles. The lowest BCUT2D eigenvalue weighted by Crippen LogP contribution is -2.39. The van der Waals surface area contributed by atoms with Crippen LogP contribution < -0.4 is 0 Å². The molecule has 0 aromatic heterocycles. The van der Waals surface area contributed by atoms with E-state index in [2.05, 4.69) is 0 Å². The molecule has 0 heterocycles. The molecule has 4 heteroatoms. The maximum Gasteiger partial charge on any atom is 0.398 e. The van der Waals surface area contributed by atoms with Crippen molar-refractivity contribution in [2.24, 2.45) is 0 Å². The van der Waals surface area contributed by atoms with Crippen molar-refractivity contribution >= 4 is 15.1 Å². The van der Waals surface area contributed by atoms with Gasteiger partial charge in [-0.05, 0) is 6.42 Å². The van der Waals surface area contributed by atoms with E-state index in [-0.39, 0.29) is 0 Å². The van der Waals surface area contributed by atoms with Crippen LogP contribution in [-0.2, 0) is 0 Å². The molecule has 0 fully saturated rings. The molecule has 0 aromatic rings. The standard InChI is InChI=1S/C6H15NO2Si/c1-4-5-7(6(8)9)10(2)3/h10H,4-5H2,1-3H3,(H,8,9). The Hall–Kier alpha value is -0.513. The van der Waals surface area contributed by atoms with E-state index < -0.39 is 15.1 Å². The van der Waals surface area contributed by atoms with Crippen molar-refractivity contribution in [3.8, 4) is 0 Å².